The molecule has 3 nitrogen and oxygen atoms in total. The molecule has 0 unspecified atom stereocenters. The molecule has 0 spiro atoms. The molecular weight excluding hydrogens is 290 g/mol. The molecule has 0 aliphatic rings. The Morgan fingerprint density at radius 1 is 1.44 bits per heavy atom. The average Bonchev–Trinajstić information content (AvgIpc) is 2.37. The van der Waals surface area contributed by atoms with E-state index in [4.69, 9.17) is 0 Å². The minimum atomic E-state index is 0.918. The quantitative estimate of drug-likeness (QED) is 0.635. The zero-order chi connectivity index (χ0) is 13.1. The third kappa shape index (κ3) is 2.70. The van der Waals surface area contributed by atoms with Crippen molar-refractivity contribution in [3.8, 4) is 0 Å². The number of aryl methyl sites for hydroxylation is 1. The number of pyridine rings is 1. The predicted molar refractivity (Wildman–Crippen MR) is 80.6 cm³/mol. The van der Waals surface area contributed by atoms with Crippen molar-refractivity contribution in [3.05, 3.63) is 34.4 Å². The predicted octanol–water partition coefficient (Wildman–Crippen LogP) is 3.92. The number of rotatable bonds is 3. The summed E-state index contributed by atoms with van der Waals surface area (Å²) in [6, 6.07) is 8.13. The van der Waals surface area contributed by atoms with Gasteiger partial charge >= 0.3 is 0 Å². The van der Waals surface area contributed by atoms with Crippen molar-refractivity contribution in [2.24, 2.45) is 4.99 Å². The molecule has 2 aromatic rings. The number of hydrogen-bond acceptors (Lipinski definition) is 2. The lowest BCUT2D eigenvalue weighted by Gasteiger charge is -2.09. The van der Waals surface area contributed by atoms with Gasteiger partial charge in [-0.25, -0.2) is 9.98 Å². The van der Waals surface area contributed by atoms with E-state index in [0.29, 0.717) is 0 Å². The summed E-state index contributed by atoms with van der Waals surface area (Å²) < 4.78 is 1.02. The van der Waals surface area contributed by atoms with Crippen LogP contribution in [0.1, 0.15) is 12.6 Å². The monoisotopic (exact) mass is 305 g/mol. The molecule has 0 atom stereocenters. The second-order valence-electron chi connectivity index (χ2n) is 4.22. The van der Waals surface area contributed by atoms with E-state index in [0.717, 1.165) is 33.3 Å². The van der Waals surface area contributed by atoms with Gasteiger partial charge in [0.05, 0.1) is 23.2 Å². The van der Waals surface area contributed by atoms with Gasteiger partial charge in [0.15, 0.2) is 0 Å². The Morgan fingerprint density at radius 3 is 2.94 bits per heavy atom. The first-order valence-electron chi connectivity index (χ1n) is 5.92. The van der Waals surface area contributed by atoms with Crippen LogP contribution in [0.2, 0.25) is 0 Å². The molecule has 0 amide bonds. The van der Waals surface area contributed by atoms with E-state index in [1.165, 1.54) is 0 Å². The summed E-state index contributed by atoms with van der Waals surface area (Å²) in [6.45, 7) is 5.02. The third-order valence-electron chi connectivity index (χ3n) is 2.85. The highest BCUT2D eigenvalue weighted by atomic mass is 79.9. The number of para-hydroxylation sites is 1. The van der Waals surface area contributed by atoms with Crippen molar-refractivity contribution in [3.63, 3.8) is 0 Å². The van der Waals surface area contributed by atoms with Crippen LogP contribution in [0.5, 0.6) is 0 Å². The number of hydrogen-bond donors (Lipinski definition) is 0. The molecule has 1 heterocycles. The Bertz CT molecular complexity index is 593. The minimum absolute atomic E-state index is 0.918. The number of aliphatic imine (C=N–C) groups is 1. The molecule has 0 fully saturated rings. The van der Waals surface area contributed by atoms with E-state index in [-0.39, 0.29) is 0 Å². The molecule has 0 aliphatic carbocycles. The summed E-state index contributed by atoms with van der Waals surface area (Å²) in [5.74, 6) is 0. The van der Waals surface area contributed by atoms with Crippen LogP contribution in [0.15, 0.2) is 33.7 Å². The van der Waals surface area contributed by atoms with Crippen LogP contribution in [0, 0.1) is 6.92 Å². The van der Waals surface area contributed by atoms with Crippen LogP contribution in [0.4, 0.5) is 5.69 Å². The highest BCUT2D eigenvalue weighted by Gasteiger charge is 2.04. The fourth-order valence-corrected chi connectivity index (χ4v) is 2.09. The maximum atomic E-state index is 4.60. The standard InChI is InChI=1S/C14H16BrN3/c1-4-18(3)9-16-13-8-11-6-5-7-12(15)14(11)17-10(13)2/h5-9H,4H2,1-3H3/b16-9+. The van der Waals surface area contributed by atoms with Crippen molar-refractivity contribution >= 4 is 38.9 Å². The fraction of sp³-hybridized carbons (Fsp3) is 0.286. The van der Waals surface area contributed by atoms with Gasteiger partial charge in [0.25, 0.3) is 0 Å². The number of halogens is 1. The van der Waals surface area contributed by atoms with Crippen LogP contribution >= 0.6 is 15.9 Å². The maximum absolute atomic E-state index is 4.60. The van der Waals surface area contributed by atoms with Crippen molar-refractivity contribution in [2.75, 3.05) is 13.6 Å². The molecule has 18 heavy (non-hydrogen) atoms. The van der Waals surface area contributed by atoms with Gasteiger partial charge in [-0.05, 0) is 41.9 Å². The lowest BCUT2D eigenvalue weighted by atomic mass is 10.2. The van der Waals surface area contributed by atoms with Crippen molar-refractivity contribution < 1.29 is 0 Å². The highest BCUT2D eigenvalue weighted by molar-refractivity contribution is 9.10. The molecule has 0 saturated carbocycles. The summed E-state index contributed by atoms with van der Waals surface area (Å²) in [7, 11) is 2.00. The molecule has 1 aromatic heterocycles. The van der Waals surface area contributed by atoms with E-state index in [1.54, 1.807) is 0 Å². The van der Waals surface area contributed by atoms with Crippen LogP contribution in [0.25, 0.3) is 10.9 Å². The highest BCUT2D eigenvalue weighted by Crippen LogP contribution is 2.27. The van der Waals surface area contributed by atoms with Gasteiger partial charge in [-0.2, -0.15) is 0 Å². The lowest BCUT2D eigenvalue weighted by molar-refractivity contribution is 0.552. The maximum Gasteiger partial charge on any atom is 0.0910 e. The van der Waals surface area contributed by atoms with E-state index >= 15 is 0 Å². The smallest absolute Gasteiger partial charge is 0.0910 e. The van der Waals surface area contributed by atoms with Gasteiger partial charge in [0.1, 0.15) is 0 Å². The summed E-state index contributed by atoms with van der Waals surface area (Å²) in [5.41, 5.74) is 2.84. The molecule has 94 valence electrons. The number of nitrogens with zero attached hydrogens (tertiary/aromatic N) is 3. The summed E-state index contributed by atoms with van der Waals surface area (Å²) >= 11 is 3.52. The fourth-order valence-electron chi connectivity index (χ4n) is 1.62. The first-order valence-corrected chi connectivity index (χ1v) is 6.71. The van der Waals surface area contributed by atoms with Gasteiger partial charge in [-0.3, -0.25) is 0 Å². The normalized spacial score (nSPS) is 11.3. The average molecular weight is 306 g/mol. The molecule has 0 saturated heterocycles. The Hall–Kier alpha value is -1.42. The van der Waals surface area contributed by atoms with Gasteiger partial charge in [-0.15, -0.1) is 0 Å². The van der Waals surface area contributed by atoms with Crippen LogP contribution in [-0.4, -0.2) is 29.8 Å². The zero-order valence-electron chi connectivity index (χ0n) is 10.8. The second kappa shape index (κ2) is 5.48. The minimum Gasteiger partial charge on any atom is -0.366 e. The molecule has 2 rings (SSSR count). The molecule has 0 N–H and O–H groups in total. The van der Waals surface area contributed by atoms with Crippen molar-refractivity contribution in [2.45, 2.75) is 13.8 Å². The second-order valence-corrected chi connectivity index (χ2v) is 5.08. The third-order valence-corrected chi connectivity index (χ3v) is 3.49. The van der Waals surface area contributed by atoms with Crippen LogP contribution in [-0.2, 0) is 0 Å². The molecule has 1 aromatic carbocycles. The van der Waals surface area contributed by atoms with Crippen molar-refractivity contribution in [1.29, 1.82) is 0 Å². The summed E-state index contributed by atoms with van der Waals surface area (Å²) in [4.78, 5) is 11.1. The van der Waals surface area contributed by atoms with Gasteiger partial charge in [0.2, 0.25) is 0 Å². The molecule has 0 bridgehead atoms. The Morgan fingerprint density at radius 2 is 2.22 bits per heavy atom. The lowest BCUT2D eigenvalue weighted by Crippen LogP contribution is -2.14. The van der Waals surface area contributed by atoms with Gasteiger partial charge in [0, 0.05) is 23.5 Å². The molecular formula is C14H16BrN3. The van der Waals surface area contributed by atoms with Crippen molar-refractivity contribution in [1.82, 2.24) is 9.88 Å². The number of fused-ring (bicyclic) bond motifs is 1. The first-order chi connectivity index (χ1) is 8.61. The SMILES string of the molecule is CCN(C)/C=N/c1cc2cccc(Br)c2nc1C. The van der Waals surface area contributed by atoms with Crippen LogP contribution < -0.4 is 0 Å². The van der Waals surface area contributed by atoms with E-state index in [2.05, 4.69) is 45.0 Å². The Kier molecular flexibility index (Phi) is 3.97. The van der Waals surface area contributed by atoms with E-state index in [9.17, 15) is 0 Å². The largest absolute Gasteiger partial charge is 0.366 e. The first kappa shape index (κ1) is 13.0. The summed E-state index contributed by atoms with van der Waals surface area (Å²) in [6.07, 6.45) is 1.84. The van der Waals surface area contributed by atoms with E-state index < -0.39 is 0 Å². The Labute approximate surface area is 116 Å². The molecule has 0 aliphatic heterocycles. The molecule has 4 heteroatoms. The number of benzene rings is 1. The number of aromatic nitrogens is 1. The molecule has 0 radical (unpaired) electrons. The summed E-state index contributed by atoms with van der Waals surface area (Å²) in [5, 5.41) is 1.10. The topological polar surface area (TPSA) is 28.5 Å². The van der Waals surface area contributed by atoms with Crippen LogP contribution in [0.3, 0.4) is 0 Å². The van der Waals surface area contributed by atoms with E-state index in [1.807, 2.05) is 37.3 Å². The zero-order valence-corrected chi connectivity index (χ0v) is 12.4. The van der Waals surface area contributed by atoms with Gasteiger partial charge < -0.3 is 4.90 Å². The Balaban J connectivity index is 2.47. The van der Waals surface area contributed by atoms with Gasteiger partial charge in [-0.1, -0.05) is 12.1 Å².